The lowest BCUT2D eigenvalue weighted by Crippen LogP contribution is -2.39. The SMILES string of the molecule is CCc1ccc([C@H](NC(=O)COC(=O)C[C@H]2Oc3ccccc3NC2=O)C(C)C)cc1. The van der Waals surface area contributed by atoms with Gasteiger partial charge in [-0.05, 0) is 35.6 Å². The number of fused-ring (bicyclic) bond motifs is 1. The second-order valence-electron chi connectivity index (χ2n) is 7.84. The summed E-state index contributed by atoms with van der Waals surface area (Å²) in [7, 11) is 0. The minimum absolute atomic E-state index is 0.159. The lowest BCUT2D eigenvalue weighted by Gasteiger charge is -2.25. The smallest absolute Gasteiger partial charge is 0.310 e. The van der Waals surface area contributed by atoms with Gasteiger partial charge in [0.15, 0.2) is 12.7 Å². The lowest BCUT2D eigenvalue weighted by molar-refractivity contribution is -0.151. The van der Waals surface area contributed by atoms with Crippen molar-refractivity contribution in [3.63, 3.8) is 0 Å². The van der Waals surface area contributed by atoms with Crippen LogP contribution in [0.3, 0.4) is 0 Å². The number of anilines is 1. The summed E-state index contributed by atoms with van der Waals surface area (Å²) in [5.41, 5.74) is 2.78. The molecule has 0 bridgehead atoms. The summed E-state index contributed by atoms with van der Waals surface area (Å²) in [6.07, 6.45) is -0.325. The van der Waals surface area contributed by atoms with Crippen LogP contribution in [-0.4, -0.2) is 30.5 Å². The van der Waals surface area contributed by atoms with Crippen molar-refractivity contribution in [2.75, 3.05) is 11.9 Å². The molecule has 1 heterocycles. The molecule has 0 radical (unpaired) electrons. The van der Waals surface area contributed by atoms with E-state index in [1.165, 1.54) is 5.56 Å². The highest BCUT2D eigenvalue weighted by atomic mass is 16.5. The molecule has 2 N–H and O–H groups in total. The predicted octanol–water partition coefficient (Wildman–Crippen LogP) is 3.40. The van der Waals surface area contributed by atoms with E-state index in [1.54, 1.807) is 24.3 Å². The standard InChI is InChI=1S/C24H28N2O5/c1-4-16-9-11-17(12-10-16)23(15(2)3)26-21(27)14-30-22(28)13-20-24(29)25-18-7-5-6-8-19(18)31-20/h5-12,15,20,23H,4,13-14H2,1-3H3,(H,25,29)(H,26,27)/t20-,23-/m1/s1. The zero-order chi connectivity index (χ0) is 22.4. The summed E-state index contributed by atoms with van der Waals surface area (Å²) < 4.78 is 10.7. The van der Waals surface area contributed by atoms with Crippen LogP contribution in [0.1, 0.15) is 44.4 Å². The molecule has 2 aromatic rings. The molecule has 164 valence electrons. The largest absolute Gasteiger partial charge is 0.478 e. The highest BCUT2D eigenvalue weighted by Crippen LogP contribution is 2.29. The first-order chi connectivity index (χ1) is 14.9. The topological polar surface area (TPSA) is 93.7 Å². The van der Waals surface area contributed by atoms with Gasteiger partial charge in [0.1, 0.15) is 5.75 Å². The highest BCUT2D eigenvalue weighted by Gasteiger charge is 2.30. The van der Waals surface area contributed by atoms with E-state index in [0.29, 0.717) is 11.4 Å². The van der Waals surface area contributed by atoms with Crippen molar-refractivity contribution in [3.8, 4) is 5.75 Å². The van der Waals surface area contributed by atoms with Gasteiger partial charge in [-0.3, -0.25) is 14.4 Å². The second kappa shape index (κ2) is 10.1. The van der Waals surface area contributed by atoms with E-state index >= 15 is 0 Å². The molecule has 0 spiro atoms. The maximum Gasteiger partial charge on any atom is 0.310 e. The number of rotatable bonds is 8. The Morgan fingerprint density at radius 3 is 2.52 bits per heavy atom. The van der Waals surface area contributed by atoms with E-state index in [0.717, 1.165) is 12.0 Å². The molecule has 7 nitrogen and oxygen atoms in total. The molecule has 0 saturated carbocycles. The third kappa shape index (κ3) is 5.84. The van der Waals surface area contributed by atoms with Gasteiger partial charge in [-0.1, -0.05) is 57.2 Å². The Balaban J connectivity index is 1.51. The molecular weight excluding hydrogens is 396 g/mol. The van der Waals surface area contributed by atoms with E-state index < -0.39 is 30.5 Å². The third-order valence-electron chi connectivity index (χ3n) is 5.15. The Hall–Kier alpha value is -3.35. The van der Waals surface area contributed by atoms with E-state index in [4.69, 9.17) is 9.47 Å². The summed E-state index contributed by atoms with van der Waals surface area (Å²) in [5.74, 6) is -0.845. The van der Waals surface area contributed by atoms with Crippen molar-refractivity contribution in [2.24, 2.45) is 5.92 Å². The van der Waals surface area contributed by atoms with Gasteiger partial charge in [0, 0.05) is 0 Å². The number of nitrogens with one attached hydrogen (secondary N) is 2. The second-order valence-corrected chi connectivity index (χ2v) is 7.84. The van der Waals surface area contributed by atoms with Gasteiger partial charge in [0.05, 0.1) is 18.2 Å². The Labute approximate surface area is 182 Å². The van der Waals surface area contributed by atoms with Crippen molar-refractivity contribution in [1.29, 1.82) is 0 Å². The first-order valence-electron chi connectivity index (χ1n) is 10.5. The molecule has 7 heteroatoms. The van der Waals surface area contributed by atoms with Crippen LogP contribution in [0.25, 0.3) is 0 Å². The third-order valence-corrected chi connectivity index (χ3v) is 5.15. The summed E-state index contributed by atoms with van der Waals surface area (Å²) in [6.45, 7) is 5.70. The molecule has 2 atom stereocenters. The van der Waals surface area contributed by atoms with Crippen molar-refractivity contribution in [3.05, 3.63) is 59.7 Å². The van der Waals surface area contributed by atoms with Gasteiger partial charge >= 0.3 is 5.97 Å². The van der Waals surface area contributed by atoms with Gasteiger partial charge in [0.25, 0.3) is 11.8 Å². The molecule has 1 aliphatic rings. The van der Waals surface area contributed by atoms with E-state index in [-0.39, 0.29) is 18.4 Å². The lowest BCUT2D eigenvalue weighted by atomic mass is 9.95. The number of ether oxygens (including phenoxy) is 2. The number of amides is 2. The summed E-state index contributed by atoms with van der Waals surface area (Å²) in [4.78, 5) is 36.7. The summed E-state index contributed by atoms with van der Waals surface area (Å²) >= 11 is 0. The van der Waals surface area contributed by atoms with Crippen LogP contribution in [0.4, 0.5) is 5.69 Å². The molecule has 0 unspecified atom stereocenters. The molecule has 0 saturated heterocycles. The Kier molecular flexibility index (Phi) is 7.28. The number of aryl methyl sites for hydroxylation is 1. The van der Waals surface area contributed by atoms with Crippen molar-refractivity contribution >= 4 is 23.5 Å². The Morgan fingerprint density at radius 1 is 1.13 bits per heavy atom. The van der Waals surface area contributed by atoms with Crippen LogP contribution in [0, 0.1) is 5.92 Å². The van der Waals surface area contributed by atoms with Crippen LogP contribution in [0.5, 0.6) is 5.75 Å². The molecule has 3 rings (SSSR count). The van der Waals surface area contributed by atoms with Crippen LogP contribution >= 0.6 is 0 Å². The van der Waals surface area contributed by atoms with Crippen LogP contribution in [0.2, 0.25) is 0 Å². The van der Waals surface area contributed by atoms with Gasteiger partial charge < -0.3 is 20.1 Å². The summed E-state index contributed by atoms with van der Waals surface area (Å²) in [6, 6.07) is 14.9. The van der Waals surface area contributed by atoms with E-state index in [2.05, 4.69) is 17.6 Å². The molecule has 1 aliphatic heterocycles. The van der Waals surface area contributed by atoms with Gasteiger partial charge in [-0.25, -0.2) is 0 Å². The number of hydrogen-bond donors (Lipinski definition) is 2. The van der Waals surface area contributed by atoms with E-state index in [9.17, 15) is 14.4 Å². The van der Waals surface area contributed by atoms with Crippen molar-refractivity contribution in [1.82, 2.24) is 5.32 Å². The average molecular weight is 424 g/mol. The number of carbonyl (C=O) groups excluding carboxylic acids is 3. The zero-order valence-electron chi connectivity index (χ0n) is 18.0. The number of esters is 1. The quantitative estimate of drug-likeness (QED) is 0.634. The van der Waals surface area contributed by atoms with E-state index in [1.807, 2.05) is 38.1 Å². The van der Waals surface area contributed by atoms with Crippen LogP contribution < -0.4 is 15.4 Å². The van der Waals surface area contributed by atoms with Crippen molar-refractivity contribution < 1.29 is 23.9 Å². The Morgan fingerprint density at radius 2 is 1.84 bits per heavy atom. The minimum atomic E-state index is -0.994. The maximum atomic E-state index is 12.4. The normalized spacial score (nSPS) is 16.0. The van der Waals surface area contributed by atoms with Gasteiger partial charge in [0.2, 0.25) is 0 Å². The van der Waals surface area contributed by atoms with Gasteiger partial charge in [-0.15, -0.1) is 0 Å². The van der Waals surface area contributed by atoms with Gasteiger partial charge in [-0.2, -0.15) is 0 Å². The monoisotopic (exact) mass is 424 g/mol. The predicted molar refractivity (Wildman–Crippen MR) is 117 cm³/mol. The molecule has 2 amide bonds. The molecule has 0 aromatic heterocycles. The molecule has 31 heavy (non-hydrogen) atoms. The summed E-state index contributed by atoms with van der Waals surface area (Å²) in [5, 5.41) is 5.62. The fourth-order valence-electron chi connectivity index (χ4n) is 3.39. The zero-order valence-corrected chi connectivity index (χ0v) is 18.0. The molecule has 0 fully saturated rings. The Bertz CT molecular complexity index is 939. The fourth-order valence-corrected chi connectivity index (χ4v) is 3.39. The number of para-hydroxylation sites is 2. The minimum Gasteiger partial charge on any atom is -0.478 e. The molecule has 2 aromatic carbocycles. The number of benzene rings is 2. The van der Waals surface area contributed by atoms with Crippen LogP contribution in [0.15, 0.2) is 48.5 Å². The maximum absolute atomic E-state index is 12.4. The van der Waals surface area contributed by atoms with Crippen molar-refractivity contribution in [2.45, 2.75) is 45.8 Å². The average Bonchev–Trinajstić information content (AvgIpc) is 2.76. The number of hydrogen-bond acceptors (Lipinski definition) is 5. The number of carbonyl (C=O) groups is 3. The molecular formula is C24H28N2O5. The first-order valence-corrected chi connectivity index (χ1v) is 10.5. The molecule has 0 aliphatic carbocycles. The first kappa shape index (κ1) is 22.3. The van der Waals surface area contributed by atoms with Crippen LogP contribution in [-0.2, 0) is 25.5 Å². The highest BCUT2D eigenvalue weighted by molar-refractivity contribution is 5.99. The fraction of sp³-hybridized carbons (Fsp3) is 0.375.